The third-order valence-corrected chi connectivity index (χ3v) is 5.28. The van der Waals surface area contributed by atoms with Crippen LogP contribution in [-0.2, 0) is 0 Å². The summed E-state index contributed by atoms with van der Waals surface area (Å²) in [6, 6.07) is 14.1. The molecule has 0 saturated heterocycles. The molecule has 136 valence electrons. The van der Waals surface area contributed by atoms with Crippen LogP contribution in [0.1, 0.15) is 5.56 Å². The maximum atomic E-state index is 5.50. The van der Waals surface area contributed by atoms with Crippen molar-refractivity contribution in [3.63, 3.8) is 0 Å². The molecule has 0 aliphatic carbocycles. The monoisotopic (exact) mass is 377 g/mol. The van der Waals surface area contributed by atoms with Gasteiger partial charge in [0.2, 0.25) is 0 Å². The Hall–Kier alpha value is -3.12. The van der Waals surface area contributed by atoms with Crippen molar-refractivity contribution in [2.45, 2.75) is 6.92 Å². The van der Waals surface area contributed by atoms with Gasteiger partial charge in [0.1, 0.15) is 28.5 Å². The van der Waals surface area contributed by atoms with E-state index in [1.54, 1.807) is 31.9 Å². The second kappa shape index (κ2) is 7.25. The molecule has 4 rings (SSSR count). The lowest BCUT2D eigenvalue weighted by molar-refractivity contribution is 0.395. The summed E-state index contributed by atoms with van der Waals surface area (Å²) < 4.78 is 10.8. The van der Waals surface area contributed by atoms with Gasteiger partial charge in [-0.3, -0.25) is 0 Å². The highest BCUT2D eigenvalue weighted by atomic mass is 32.1. The Bertz CT molecular complexity index is 1090. The summed E-state index contributed by atoms with van der Waals surface area (Å²) in [5.41, 5.74) is 4.31. The average molecular weight is 377 g/mol. The number of nitrogens with one attached hydrogen (secondary N) is 1. The Morgan fingerprint density at radius 1 is 0.963 bits per heavy atom. The molecule has 2 aromatic carbocycles. The van der Waals surface area contributed by atoms with E-state index in [0.29, 0.717) is 5.75 Å². The number of benzene rings is 2. The van der Waals surface area contributed by atoms with Gasteiger partial charge in [-0.05, 0) is 24.6 Å². The molecule has 0 atom stereocenters. The smallest absolute Gasteiger partial charge is 0.146 e. The molecule has 27 heavy (non-hydrogen) atoms. The Kier molecular flexibility index (Phi) is 4.64. The second-order valence-corrected chi connectivity index (χ2v) is 6.97. The predicted molar refractivity (Wildman–Crippen MR) is 110 cm³/mol. The number of thiophene rings is 1. The van der Waals surface area contributed by atoms with Crippen molar-refractivity contribution in [1.29, 1.82) is 0 Å². The summed E-state index contributed by atoms with van der Waals surface area (Å²) >= 11 is 1.61. The maximum Gasteiger partial charge on any atom is 0.146 e. The number of hydrogen-bond acceptors (Lipinski definition) is 6. The Labute approximate surface area is 161 Å². The van der Waals surface area contributed by atoms with Crippen molar-refractivity contribution in [3.8, 4) is 22.6 Å². The van der Waals surface area contributed by atoms with Crippen LogP contribution in [0, 0.1) is 6.92 Å². The van der Waals surface area contributed by atoms with Gasteiger partial charge >= 0.3 is 0 Å². The van der Waals surface area contributed by atoms with Crippen LogP contribution in [0.15, 0.2) is 54.2 Å². The van der Waals surface area contributed by atoms with Crippen LogP contribution in [0.5, 0.6) is 11.5 Å². The van der Waals surface area contributed by atoms with E-state index in [2.05, 4.69) is 51.9 Å². The minimum absolute atomic E-state index is 0.688. The number of aromatic nitrogens is 2. The lowest BCUT2D eigenvalue weighted by Crippen LogP contribution is -1.98. The highest BCUT2D eigenvalue weighted by molar-refractivity contribution is 7.17. The van der Waals surface area contributed by atoms with Gasteiger partial charge in [-0.2, -0.15) is 0 Å². The summed E-state index contributed by atoms with van der Waals surface area (Å²) in [4.78, 5) is 9.87. The average Bonchev–Trinajstić information content (AvgIpc) is 3.14. The lowest BCUT2D eigenvalue weighted by Gasteiger charge is -2.13. The number of fused-ring (bicyclic) bond motifs is 1. The summed E-state index contributed by atoms with van der Waals surface area (Å²) in [7, 11) is 3.27. The molecule has 0 radical (unpaired) electrons. The van der Waals surface area contributed by atoms with Gasteiger partial charge in [0.05, 0.1) is 25.3 Å². The number of rotatable bonds is 5. The first-order valence-corrected chi connectivity index (χ1v) is 9.36. The molecule has 0 amide bonds. The summed E-state index contributed by atoms with van der Waals surface area (Å²) in [5.74, 6) is 2.18. The number of nitrogens with zero attached hydrogens (tertiary/aromatic N) is 2. The van der Waals surface area contributed by atoms with Gasteiger partial charge in [-0.15, -0.1) is 11.3 Å². The molecule has 1 N–H and O–H groups in total. The number of anilines is 2. The first-order valence-electron chi connectivity index (χ1n) is 8.48. The zero-order chi connectivity index (χ0) is 18.8. The molecule has 0 saturated carbocycles. The highest BCUT2D eigenvalue weighted by Gasteiger charge is 2.15. The van der Waals surface area contributed by atoms with Crippen molar-refractivity contribution in [1.82, 2.24) is 9.97 Å². The van der Waals surface area contributed by atoms with E-state index < -0.39 is 0 Å². The third kappa shape index (κ3) is 3.31. The molecule has 6 heteroatoms. The first kappa shape index (κ1) is 17.3. The zero-order valence-electron chi connectivity index (χ0n) is 15.3. The van der Waals surface area contributed by atoms with Crippen molar-refractivity contribution in [2.75, 3.05) is 19.5 Å². The molecule has 0 unspecified atom stereocenters. The Morgan fingerprint density at radius 2 is 1.78 bits per heavy atom. The minimum Gasteiger partial charge on any atom is -0.497 e. The minimum atomic E-state index is 0.688. The zero-order valence-corrected chi connectivity index (χ0v) is 16.1. The van der Waals surface area contributed by atoms with E-state index in [9.17, 15) is 0 Å². The van der Waals surface area contributed by atoms with E-state index in [4.69, 9.17) is 9.47 Å². The van der Waals surface area contributed by atoms with E-state index in [0.717, 1.165) is 38.6 Å². The van der Waals surface area contributed by atoms with Gasteiger partial charge in [-0.1, -0.05) is 29.8 Å². The number of aryl methyl sites for hydroxylation is 1. The molecular weight excluding hydrogens is 358 g/mol. The van der Waals surface area contributed by atoms with Crippen molar-refractivity contribution in [2.24, 2.45) is 0 Å². The molecule has 0 fully saturated rings. The van der Waals surface area contributed by atoms with E-state index >= 15 is 0 Å². The second-order valence-electron chi connectivity index (χ2n) is 6.11. The molecule has 5 nitrogen and oxygen atoms in total. The quantitative estimate of drug-likeness (QED) is 0.503. The fraction of sp³-hybridized carbons (Fsp3) is 0.143. The van der Waals surface area contributed by atoms with Crippen LogP contribution >= 0.6 is 11.3 Å². The summed E-state index contributed by atoms with van der Waals surface area (Å²) in [6.07, 6.45) is 1.58. The first-order chi connectivity index (χ1) is 13.2. The Morgan fingerprint density at radius 3 is 2.52 bits per heavy atom. The van der Waals surface area contributed by atoms with Crippen LogP contribution in [0.3, 0.4) is 0 Å². The van der Waals surface area contributed by atoms with Crippen molar-refractivity contribution < 1.29 is 9.47 Å². The molecule has 0 aliphatic rings. The molecule has 2 heterocycles. The molecule has 0 aliphatic heterocycles. The summed E-state index contributed by atoms with van der Waals surface area (Å²) in [5, 5.41) is 6.53. The van der Waals surface area contributed by atoms with Gasteiger partial charge < -0.3 is 14.8 Å². The SMILES string of the molecule is COc1ccc(Nc2ncnc3scc(-c4ccc(C)cc4)c23)c(OC)c1. The van der Waals surface area contributed by atoms with Crippen LogP contribution in [0.25, 0.3) is 21.3 Å². The van der Waals surface area contributed by atoms with E-state index in [1.165, 1.54) is 5.56 Å². The third-order valence-electron chi connectivity index (χ3n) is 4.39. The molecule has 4 aromatic rings. The van der Waals surface area contributed by atoms with Crippen LogP contribution in [-0.4, -0.2) is 24.2 Å². The molecule has 0 bridgehead atoms. The largest absolute Gasteiger partial charge is 0.497 e. The van der Waals surface area contributed by atoms with Gasteiger partial charge in [0, 0.05) is 17.0 Å². The van der Waals surface area contributed by atoms with E-state index in [1.807, 2.05) is 18.2 Å². The fourth-order valence-corrected chi connectivity index (χ4v) is 3.86. The van der Waals surface area contributed by atoms with Gasteiger partial charge in [-0.25, -0.2) is 9.97 Å². The number of methoxy groups -OCH3 is 2. The standard InChI is InChI=1S/C21H19N3O2S/c1-13-4-6-14(7-5-13)16-11-27-21-19(16)20(22-12-23-21)24-17-9-8-15(25-2)10-18(17)26-3/h4-12H,1-3H3,(H,22,23,24). The molecule has 0 spiro atoms. The van der Waals surface area contributed by atoms with Crippen LogP contribution < -0.4 is 14.8 Å². The molecular formula is C21H19N3O2S. The fourth-order valence-electron chi connectivity index (χ4n) is 2.94. The maximum absolute atomic E-state index is 5.50. The van der Waals surface area contributed by atoms with Crippen molar-refractivity contribution in [3.05, 3.63) is 59.7 Å². The highest BCUT2D eigenvalue weighted by Crippen LogP contribution is 2.39. The summed E-state index contributed by atoms with van der Waals surface area (Å²) in [6.45, 7) is 2.08. The lowest BCUT2D eigenvalue weighted by atomic mass is 10.0. The number of hydrogen-bond donors (Lipinski definition) is 1. The van der Waals surface area contributed by atoms with Crippen LogP contribution in [0.4, 0.5) is 11.5 Å². The predicted octanol–water partition coefficient (Wildman–Crippen LogP) is 5.43. The van der Waals surface area contributed by atoms with Crippen molar-refractivity contribution >= 4 is 33.1 Å². The number of ether oxygens (including phenoxy) is 2. The van der Waals surface area contributed by atoms with Gasteiger partial charge in [0.15, 0.2) is 0 Å². The topological polar surface area (TPSA) is 56.3 Å². The van der Waals surface area contributed by atoms with E-state index in [-0.39, 0.29) is 0 Å². The Balaban J connectivity index is 1.81. The van der Waals surface area contributed by atoms with Gasteiger partial charge in [0.25, 0.3) is 0 Å². The molecule has 2 aromatic heterocycles. The van der Waals surface area contributed by atoms with Crippen LogP contribution in [0.2, 0.25) is 0 Å². The normalized spacial score (nSPS) is 10.8.